The number of aryl methyl sites for hydroxylation is 2. The van der Waals surface area contributed by atoms with Gasteiger partial charge in [0.1, 0.15) is 17.5 Å². The lowest BCUT2D eigenvalue weighted by Crippen LogP contribution is -2.42. The average molecular weight is 463 g/mol. The van der Waals surface area contributed by atoms with Gasteiger partial charge in [0, 0.05) is 58.0 Å². The first-order valence-electron chi connectivity index (χ1n) is 11.4. The van der Waals surface area contributed by atoms with E-state index in [0.717, 1.165) is 29.7 Å². The molecule has 1 aliphatic rings. The summed E-state index contributed by atoms with van der Waals surface area (Å²) in [6.07, 6.45) is 4.12. The molecule has 1 aliphatic heterocycles. The Morgan fingerprint density at radius 1 is 1.12 bits per heavy atom. The highest BCUT2D eigenvalue weighted by Crippen LogP contribution is 2.28. The van der Waals surface area contributed by atoms with Crippen molar-refractivity contribution >= 4 is 17.5 Å². The van der Waals surface area contributed by atoms with Gasteiger partial charge in [0.15, 0.2) is 6.10 Å². The fourth-order valence-corrected chi connectivity index (χ4v) is 4.08. The van der Waals surface area contributed by atoms with Crippen molar-refractivity contribution in [3.63, 3.8) is 0 Å². The van der Waals surface area contributed by atoms with Crippen LogP contribution in [0.2, 0.25) is 0 Å². The largest absolute Gasteiger partial charge is 0.490 e. The van der Waals surface area contributed by atoms with Gasteiger partial charge in [-0.05, 0) is 24.1 Å². The smallest absolute Gasteiger partial charge is 0.274 e. The van der Waals surface area contributed by atoms with E-state index in [1.54, 1.807) is 17.1 Å². The molecular formula is C26H30N4O4. The summed E-state index contributed by atoms with van der Waals surface area (Å²) in [5, 5.41) is 2.93. The Morgan fingerprint density at radius 3 is 2.50 bits per heavy atom. The Bertz CT molecular complexity index is 1140. The molecule has 2 aromatic carbocycles. The molecule has 1 atom stereocenters. The molecule has 0 aliphatic carbocycles. The number of imidazole rings is 1. The van der Waals surface area contributed by atoms with E-state index >= 15 is 0 Å². The molecule has 1 N–H and O–H groups in total. The van der Waals surface area contributed by atoms with Gasteiger partial charge in [-0.25, -0.2) is 4.98 Å². The maximum Gasteiger partial charge on any atom is 0.274 e. The van der Waals surface area contributed by atoms with Gasteiger partial charge in [0.05, 0.1) is 6.33 Å². The monoisotopic (exact) mass is 462 g/mol. The predicted molar refractivity (Wildman–Crippen MR) is 129 cm³/mol. The summed E-state index contributed by atoms with van der Waals surface area (Å²) >= 11 is 0. The number of carbonyl (C=O) groups excluding carboxylic acids is 2. The van der Waals surface area contributed by atoms with Crippen LogP contribution in [0.4, 0.5) is 5.69 Å². The van der Waals surface area contributed by atoms with E-state index in [0.29, 0.717) is 24.5 Å². The van der Waals surface area contributed by atoms with Crippen LogP contribution in [-0.2, 0) is 16.6 Å². The maximum atomic E-state index is 12.8. The second kappa shape index (κ2) is 10.5. The maximum absolute atomic E-state index is 12.8. The van der Waals surface area contributed by atoms with Crippen LogP contribution < -0.4 is 10.1 Å². The molecule has 178 valence electrons. The first kappa shape index (κ1) is 23.5. The number of nitrogens with zero attached hydrogens (tertiary/aromatic N) is 3. The summed E-state index contributed by atoms with van der Waals surface area (Å²) in [7, 11) is 3.37. The van der Waals surface area contributed by atoms with Gasteiger partial charge < -0.3 is 24.3 Å². The van der Waals surface area contributed by atoms with Gasteiger partial charge in [-0.3, -0.25) is 9.59 Å². The zero-order chi connectivity index (χ0) is 24.1. The number of ether oxygens (including phenoxy) is 2. The normalized spacial score (nSPS) is 15.1. The summed E-state index contributed by atoms with van der Waals surface area (Å²) in [6.45, 7) is 3.20. The Morgan fingerprint density at radius 2 is 1.85 bits per heavy atom. The number of anilines is 1. The minimum atomic E-state index is -0.701. The molecule has 2 heterocycles. The number of rotatable bonds is 7. The number of methoxy groups -OCH3 is 1. The molecule has 1 saturated heterocycles. The Hall–Kier alpha value is -3.65. The van der Waals surface area contributed by atoms with E-state index in [2.05, 4.69) is 10.3 Å². The number of amides is 2. The number of hydrogen-bond donors (Lipinski definition) is 1. The number of carbonyl (C=O) groups is 2. The van der Waals surface area contributed by atoms with Crippen LogP contribution in [-0.4, -0.2) is 52.6 Å². The van der Waals surface area contributed by atoms with Crippen LogP contribution >= 0.6 is 0 Å². The molecular weight excluding hydrogens is 432 g/mol. The molecule has 1 aromatic heterocycles. The molecule has 8 heteroatoms. The van der Waals surface area contributed by atoms with Gasteiger partial charge >= 0.3 is 0 Å². The van der Waals surface area contributed by atoms with Gasteiger partial charge in [0.2, 0.25) is 0 Å². The molecule has 2 amide bonds. The van der Waals surface area contributed by atoms with Gasteiger partial charge in [0.25, 0.3) is 11.8 Å². The van der Waals surface area contributed by atoms with E-state index in [9.17, 15) is 9.59 Å². The van der Waals surface area contributed by atoms with E-state index in [4.69, 9.17) is 9.47 Å². The number of benzene rings is 2. The Kier molecular flexibility index (Phi) is 7.27. The molecule has 8 nitrogen and oxygen atoms in total. The number of aromatic nitrogens is 2. The quantitative estimate of drug-likeness (QED) is 0.578. The fourth-order valence-electron chi connectivity index (χ4n) is 4.08. The standard InChI is InChI=1S/C26H30N4O4/c1-18-9-10-20(28-25(31)24(33-3)19-7-5-4-6-8-19)15-23(18)34-21-11-13-30(14-12-21)26(32)22-16-29(2)17-27-22/h4-10,15-17,21,24H,11-14H2,1-3H3,(H,28,31)/t24-/m0/s1. The minimum Gasteiger partial charge on any atom is -0.490 e. The van der Waals surface area contributed by atoms with E-state index < -0.39 is 6.10 Å². The molecule has 3 aromatic rings. The third-order valence-corrected chi connectivity index (χ3v) is 5.98. The topological polar surface area (TPSA) is 85.7 Å². The minimum absolute atomic E-state index is 0.00604. The molecule has 0 saturated carbocycles. The molecule has 4 rings (SSSR count). The third kappa shape index (κ3) is 5.46. The lowest BCUT2D eigenvalue weighted by molar-refractivity contribution is -0.126. The van der Waals surface area contributed by atoms with E-state index in [-0.39, 0.29) is 17.9 Å². The van der Waals surface area contributed by atoms with Crippen LogP contribution in [0.3, 0.4) is 0 Å². The van der Waals surface area contributed by atoms with Gasteiger partial charge in [-0.15, -0.1) is 0 Å². The van der Waals surface area contributed by atoms with Crippen molar-refractivity contribution in [1.29, 1.82) is 0 Å². The van der Waals surface area contributed by atoms with Crippen LogP contribution in [0.25, 0.3) is 0 Å². The number of hydrogen-bond acceptors (Lipinski definition) is 5. The number of likely N-dealkylation sites (tertiary alicyclic amines) is 1. The Balaban J connectivity index is 1.36. The van der Waals surface area contributed by atoms with Crippen LogP contribution in [0, 0.1) is 6.92 Å². The summed E-state index contributed by atoms with van der Waals surface area (Å²) in [5.41, 5.74) is 2.88. The highest BCUT2D eigenvalue weighted by molar-refractivity contribution is 5.95. The zero-order valence-corrected chi connectivity index (χ0v) is 19.7. The molecule has 0 spiro atoms. The number of nitrogens with one attached hydrogen (secondary N) is 1. The predicted octanol–water partition coefficient (Wildman–Crippen LogP) is 3.74. The van der Waals surface area contributed by atoms with E-state index in [1.807, 2.05) is 67.4 Å². The highest BCUT2D eigenvalue weighted by atomic mass is 16.5. The zero-order valence-electron chi connectivity index (χ0n) is 19.7. The second-order valence-corrected chi connectivity index (χ2v) is 8.53. The SMILES string of the molecule is CO[C@H](C(=O)Nc1ccc(C)c(OC2CCN(C(=O)c3cn(C)cn3)CC2)c1)c1ccccc1. The van der Waals surface area contributed by atoms with Crippen molar-refractivity contribution in [3.05, 3.63) is 77.9 Å². The molecule has 0 radical (unpaired) electrons. The summed E-state index contributed by atoms with van der Waals surface area (Å²) in [4.78, 5) is 31.4. The van der Waals surface area contributed by atoms with Crippen molar-refractivity contribution in [2.45, 2.75) is 32.0 Å². The van der Waals surface area contributed by atoms with Crippen molar-refractivity contribution in [2.75, 3.05) is 25.5 Å². The summed E-state index contributed by atoms with van der Waals surface area (Å²) in [6, 6.07) is 15.0. The van der Waals surface area contributed by atoms with Gasteiger partial charge in [-0.1, -0.05) is 36.4 Å². The summed E-state index contributed by atoms with van der Waals surface area (Å²) in [5.74, 6) is 0.428. The molecule has 0 unspecified atom stereocenters. The first-order valence-corrected chi connectivity index (χ1v) is 11.4. The highest BCUT2D eigenvalue weighted by Gasteiger charge is 2.26. The second-order valence-electron chi connectivity index (χ2n) is 8.53. The Labute approximate surface area is 199 Å². The number of piperidine rings is 1. The molecule has 34 heavy (non-hydrogen) atoms. The third-order valence-electron chi connectivity index (χ3n) is 5.98. The van der Waals surface area contributed by atoms with Crippen LogP contribution in [0.5, 0.6) is 5.75 Å². The van der Waals surface area contributed by atoms with Crippen LogP contribution in [0.1, 0.15) is 40.6 Å². The molecule has 1 fully saturated rings. The molecule has 0 bridgehead atoms. The lowest BCUT2D eigenvalue weighted by atomic mass is 10.1. The lowest BCUT2D eigenvalue weighted by Gasteiger charge is -2.32. The summed E-state index contributed by atoms with van der Waals surface area (Å²) < 4.78 is 13.5. The first-order chi connectivity index (χ1) is 16.4. The van der Waals surface area contributed by atoms with Crippen molar-refractivity contribution < 1.29 is 19.1 Å². The van der Waals surface area contributed by atoms with E-state index in [1.165, 1.54) is 7.11 Å². The average Bonchev–Trinajstić information content (AvgIpc) is 3.28. The van der Waals surface area contributed by atoms with Crippen molar-refractivity contribution in [1.82, 2.24) is 14.5 Å². The van der Waals surface area contributed by atoms with Crippen molar-refractivity contribution in [3.8, 4) is 5.75 Å². The van der Waals surface area contributed by atoms with Crippen LogP contribution in [0.15, 0.2) is 61.1 Å². The van der Waals surface area contributed by atoms with Gasteiger partial charge in [-0.2, -0.15) is 0 Å². The van der Waals surface area contributed by atoms with Crippen molar-refractivity contribution in [2.24, 2.45) is 7.05 Å². The fraction of sp³-hybridized carbons (Fsp3) is 0.346.